The number of rotatable bonds is 6. The van der Waals surface area contributed by atoms with Crippen LogP contribution in [0.4, 0.5) is 0 Å². The molecular formula is C21H29N3O3S. The number of hydrogen-bond acceptors (Lipinski definition) is 3. The van der Waals surface area contributed by atoms with E-state index in [9.17, 15) is 13.2 Å². The van der Waals surface area contributed by atoms with Crippen LogP contribution in [-0.4, -0.2) is 43.4 Å². The van der Waals surface area contributed by atoms with Crippen molar-refractivity contribution >= 4 is 15.9 Å². The van der Waals surface area contributed by atoms with Crippen LogP contribution >= 0.6 is 0 Å². The van der Waals surface area contributed by atoms with E-state index >= 15 is 0 Å². The molecule has 7 heteroatoms. The van der Waals surface area contributed by atoms with Gasteiger partial charge in [0.1, 0.15) is 4.90 Å². The fourth-order valence-corrected chi connectivity index (χ4v) is 5.43. The van der Waals surface area contributed by atoms with E-state index in [1.807, 2.05) is 44.2 Å². The van der Waals surface area contributed by atoms with Crippen LogP contribution in [0.2, 0.25) is 0 Å². The second-order valence-electron chi connectivity index (χ2n) is 7.60. The molecule has 6 nitrogen and oxygen atoms in total. The van der Waals surface area contributed by atoms with Gasteiger partial charge in [0.2, 0.25) is 10.0 Å². The first-order chi connectivity index (χ1) is 13.2. The molecule has 1 aromatic carbocycles. The Balaban J connectivity index is 1.90. The predicted octanol–water partition coefficient (Wildman–Crippen LogP) is 2.96. The number of carbonyl (C=O) groups is 1. The molecule has 1 N–H and O–H groups in total. The molecule has 0 radical (unpaired) electrons. The van der Waals surface area contributed by atoms with Crippen LogP contribution in [0.3, 0.4) is 0 Å². The zero-order chi connectivity index (χ0) is 20.5. The Bertz CT molecular complexity index is 959. The van der Waals surface area contributed by atoms with Crippen molar-refractivity contribution in [3.8, 4) is 0 Å². The van der Waals surface area contributed by atoms with Crippen molar-refractivity contribution in [2.75, 3.05) is 19.6 Å². The third kappa shape index (κ3) is 3.86. The van der Waals surface area contributed by atoms with Gasteiger partial charge in [0, 0.05) is 38.1 Å². The highest BCUT2D eigenvalue weighted by Crippen LogP contribution is 2.29. The molecule has 1 amide bonds. The van der Waals surface area contributed by atoms with Crippen LogP contribution in [0.15, 0.2) is 35.2 Å². The molecule has 2 heterocycles. The van der Waals surface area contributed by atoms with E-state index in [0.717, 1.165) is 18.4 Å². The van der Waals surface area contributed by atoms with Gasteiger partial charge in [-0.05, 0) is 38.2 Å². The monoisotopic (exact) mass is 403 g/mol. The Morgan fingerprint density at radius 2 is 1.71 bits per heavy atom. The number of amides is 1. The van der Waals surface area contributed by atoms with Gasteiger partial charge in [0.25, 0.3) is 5.91 Å². The van der Waals surface area contributed by atoms with E-state index in [1.54, 1.807) is 23.4 Å². The van der Waals surface area contributed by atoms with Crippen LogP contribution in [0.25, 0.3) is 0 Å². The number of nitrogens with zero attached hydrogens (tertiary/aromatic N) is 2. The topological polar surface area (TPSA) is 71.4 Å². The van der Waals surface area contributed by atoms with Crippen LogP contribution in [-0.2, 0) is 17.1 Å². The third-order valence-electron chi connectivity index (χ3n) is 5.75. The number of nitrogens with one attached hydrogen (secondary N) is 1. The Morgan fingerprint density at radius 3 is 2.32 bits per heavy atom. The molecule has 1 aliphatic rings. The highest BCUT2D eigenvalue weighted by atomic mass is 32.2. The van der Waals surface area contributed by atoms with Gasteiger partial charge in [0.05, 0.1) is 5.56 Å². The molecule has 1 saturated heterocycles. The van der Waals surface area contributed by atoms with Crippen molar-refractivity contribution in [1.82, 2.24) is 14.2 Å². The van der Waals surface area contributed by atoms with Crippen molar-refractivity contribution in [2.24, 2.45) is 7.05 Å². The molecule has 28 heavy (non-hydrogen) atoms. The SMILES string of the molecule is Cc1c(C(=O)N2CCCC2)c(S(=O)(=O)NC[C@H](C)c2ccccc2)c(C)n1C. The number of likely N-dealkylation sites (tertiary alicyclic amines) is 1. The fraction of sp³-hybridized carbons (Fsp3) is 0.476. The lowest BCUT2D eigenvalue weighted by Gasteiger charge is -2.18. The zero-order valence-electron chi connectivity index (χ0n) is 17.0. The second kappa shape index (κ2) is 8.09. The van der Waals surface area contributed by atoms with Crippen LogP contribution in [0, 0.1) is 13.8 Å². The minimum absolute atomic E-state index is 0.0267. The van der Waals surface area contributed by atoms with Gasteiger partial charge in [-0.25, -0.2) is 13.1 Å². The summed E-state index contributed by atoms with van der Waals surface area (Å²) in [5, 5.41) is 0. The molecule has 1 atom stereocenters. The standard InChI is InChI=1S/C21H29N3O3S/c1-15(18-10-6-5-7-11-18)14-22-28(26,27)20-17(3)23(4)16(2)19(20)21(25)24-12-8-9-13-24/h5-7,10-11,15,22H,8-9,12-14H2,1-4H3/t15-/m0/s1. The molecule has 3 rings (SSSR count). The maximum absolute atomic E-state index is 13.2. The average Bonchev–Trinajstić information content (AvgIpc) is 3.30. The lowest BCUT2D eigenvalue weighted by Crippen LogP contribution is -2.32. The Morgan fingerprint density at radius 1 is 1.11 bits per heavy atom. The highest BCUT2D eigenvalue weighted by Gasteiger charge is 2.33. The van der Waals surface area contributed by atoms with Crippen LogP contribution in [0.5, 0.6) is 0 Å². The van der Waals surface area contributed by atoms with E-state index in [4.69, 9.17) is 0 Å². The van der Waals surface area contributed by atoms with Crippen molar-refractivity contribution in [2.45, 2.75) is 44.4 Å². The smallest absolute Gasteiger partial charge is 0.257 e. The van der Waals surface area contributed by atoms with Crippen molar-refractivity contribution in [1.29, 1.82) is 0 Å². The fourth-order valence-electron chi connectivity index (χ4n) is 3.78. The molecule has 1 aromatic heterocycles. The number of hydrogen-bond donors (Lipinski definition) is 1. The maximum Gasteiger partial charge on any atom is 0.257 e. The summed E-state index contributed by atoms with van der Waals surface area (Å²) >= 11 is 0. The van der Waals surface area contributed by atoms with E-state index in [0.29, 0.717) is 30.0 Å². The molecule has 1 fully saturated rings. The summed E-state index contributed by atoms with van der Waals surface area (Å²) < 4.78 is 30.9. The largest absolute Gasteiger partial charge is 0.350 e. The summed E-state index contributed by atoms with van der Waals surface area (Å²) in [6, 6.07) is 9.79. The van der Waals surface area contributed by atoms with Crippen LogP contribution in [0.1, 0.15) is 53.0 Å². The summed E-state index contributed by atoms with van der Waals surface area (Å²) in [7, 11) is -2.02. The predicted molar refractivity (Wildman–Crippen MR) is 110 cm³/mol. The normalized spacial score (nSPS) is 15.8. The zero-order valence-corrected chi connectivity index (χ0v) is 17.8. The minimum Gasteiger partial charge on any atom is -0.350 e. The third-order valence-corrected chi connectivity index (χ3v) is 7.33. The van der Waals surface area contributed by atoms with E-state index < -0.39 is 10.0 Å². The highest BCUT2D eigenvalue weighted by molar-refractivity contribution is 7.89. The van der Waals surface area contributed by atoms with Gasteiger partial charge in [-0.2, -0.15) is 0 Å². The lowest BCUT2D eigenvalue weighted by atomic mass is 10.0. The number of sulfonamides is 1. The molecule has 0 bridgehead atoms. The van der Waals surface area contributed by atoms with Crippen molar-refractivity contribution in [3.63, 3.8) is 0 Å². The van der Waals surface area contributed by atoms with Gasteiger partial charge in [-0.3, -0.25) is 4.79 Å². The van der Waals surface area contributed by atoms with Crippen LogP contribution < -0.4 is 4.72 Å². The molecule has 0 spiro atoms. The number of benzene rings is 1. The van der Waals surface area contributed by atoms with Crippen molar-refractivity contribution < 1.29 is 13.2 Å². The summed E-state index contributed by atoms with van der Waals surface area (Å²) in [5.74, 6) is -0.158. The van der Waals surface area contributed by atoms with E-state index in [2.05, 4.69) is 4.72 Å². The molecule has 152 valence electrons. The molecule has 1 aliphatic heterocycles. The van der Waals surface area contributed by atoms with E-state index in [-0.39, 0.29) is 23.3 Å². The van der Waals surface area contributed by atoms with Crippen molar-refractivity contribution in [3.05, 3.63) is 52.8 Å². The number of aromatic nitrogens is 1. The molecule has 0 saturated carbocycles. The Kier molecular flexibility index (Phi) is 5.95. The number of carbonyl (C=O) groups excluding carboxylic acids is 1. The average molecular weight is 404 g/mol. The van der Waals surface area contributed by atoms with Gasteiger partial charge in [-0.15, -0.1) is 0 Å². The minimum atomic E-state index is -3.82. The maximum atomic E-state index is 13.2. The molecular weight excluding hydrogens is 374 g/mol. The summed E-state index contributed by atoms with van der Waals surface area (Å²) in [6.07, 6.45) is 1.93. The Labute approximate surface area is 167 Å². The van der Waals surface area contributed by atoms with Gasteiger partial charge in [0.15, 0.2) is 0 Å². The first-order valence-electron chi connectivity index (χ1n) is 9.73. The van der Waals surface area contributed by atoms with Gasteiger partial charge in [-0.1, -0.05) is 37.3 Å². The van der Waals surface area contributed by atoms with Gasteiger partial charge >= 0.3 is 0 Å². The first-order valence-corrected chi connectivity index (χ1v) is 11.2. The van der Waals surface area contributed by atoms with E-state index in [1.165, 1.54) is 0 Å². The summed E-state index contributed by atoms with van der Waals surface area (Å²) in [6.45, 7) is 7.19. The summed E-state index contributed by atoms with van der Waals surface area (Å²) in [5.41, 5.74) is 2.65. The first kappa shape index (κ1) is 20.6. The summed E-state index contributed by atoms with van der Waals surface area (Å²) in [4.78, 5) is 15.0. The quantitative estimate of drug-likeness (QED) is 0.806. The van der Waals surface area contributed by atoms with Gasteiger partial charge < -0.3 is 9.47 Å². The molecule has 0 unspecified atom stereocenters. The Hall–Kier alpha value is -2.12. The lowest BCUT2D eigenvalue weighted by molar-refractivity contribution is 0.0788. The molecule has 2 aromatic rings. The molecule has 0 aliphatic carbocycles. The second-order valence-corrected chi connectivity index (χ2v) is 9.30.